The second kappa shape index (κ2) is 13.6. The van der Waals surface area contributed by atoms with Crippen molar-refractivity contribution in [3.8, 4) is 33.4 Å². The van der Waals surface area contributed by atoms with Gasteiger partial charge in [-0.3, -0.25) is 6.08 Å². The van der Waals surface area contributed by atoms with Gasteiger partial charge in [0, 0.05) is 0 Å². The predicted octanol–water partition coefficient (Wildman–Crippen LogP) is 10.5. The van der Waals surface area contributed by atoms with E-state index in [1.54, 1.807) is 24.2 Å². The van der Waals surface area contributed by atoms with Gasteiger partial charge in [-0.2, -0.15) is 11.6 Å². The van der Waals surface area contributed by atoms with Crippen molar-refractivity contribution in [2.75, 3.05) is 0 Å². The zero-order valence-corrected chi connectivity index (χ0v) is 27.3. The standard InChI is InChI=1S/C25H17.C11H17.C3H6.Zr/c1-3-7-18(8-4-1)20-11-13-24-22(15-20)17-23-16-21(12-14-25(23)24)19-9-5-2-6-10-19;1-5-9-6-7-10(8-9)11(2,3)4;1-3-2;/h1-15H,17H2;7-9H,5H2,1-4H3;1-2H3;/q2*-1;;+2. The first-order valence-corrected chi connectivity index (χ1v) is 15.5. The maximum atomic E-state index is 3.65. The van der Waals surface area contributed by atoms with Crippen LogP contribution in [0, 0.1) is 23.5 Å². The van der Waals surface area contributed by atoms with Crippen molar-refractivity contribution in [3.05, 3.63) is 132 Å². The van der Waals surface area contributed by atoms with E-state index in [9.17, 15) is 0 Å². The summed E-state index contributed by atoms with van der Waals surface area (Å²) in [7, 11) is 0. The van der Waals surface area contributed by atoms with Gasteiger partial charge >= 0.3 is 41.3 Å². The molecule has 0 amide bonds. The van der Waals surface area contributed by atoms with Crippen LogP contribution in [-0.4, -0.2) is 3.21 Å². The van der Waals surface area contributed by atoms with Gasteiger partial charge in [-0.25, -0.2) is 6.08 Å². The fraction of sp³-hybridized carbons (Fsp3) is 0.256. The van der Waals surface area contributed by atoms with Gasteiger partial charge in [0.2, 0.25) is 0 Å². The minimum absolute atomic E-state index is 0.302. The van der Waals surface area contributed by atoms with Crippen LogP contribution in [0.3, 0.4) is 0 Å². The largest absolute Gasteiger partial charge is 0.143 e. The Kier molecular flexibility index (Phi) is 10.3. The Morgan fingerprint density at radius 1 is 0.800 bits per heavy atom. The van der Waals surface area contributed by atoms with Crippen molar-refractivity contribution in [3.63, 3.8) is 0 Å². The molecule has 6 rings (SSSR count). The van der Waals surface area contributed by atoms with Crippen LogP contribution < -0.4 is 0 Å². The third-order valence-electron chi connectivity index (χ3n) is 7.12. The Balaban J connectivity index is 0.000000206. The Morgan fingerprint density at radius 3 is 1.95 bits per heavy atom. The van der Waals surface area contributed by atoms with Crippen molar-refractivity contribution in [2.24, 2.45) is 11.3 Å². The Labute approximate surface area is 257 Å². The van der Waals surface area contributed by atoms with Gasteiger partial charge in [-0.15, -0.1) is 29.3 Å². The fourth-order valence-electron chi connectivity index (χ4n) is 4.93. The molecule has 0 N–H and O–H groups in total. The average Bonchev–Trinajstić information content (AvgIpc) is 3.58. The molecule has 2 aliphatic carbocycles. The van der Waals surface area contributed by atoms with Crippen molar-refractivity contribution >= 4 is 3.21 Å². The van der Waals surface area contributed by atoms with Crippen LogP contribution in [-0.2, 0) is 30.7 Å². The molecule has 0 bridgehead atoms. The normalized spacial score (nSPS) is 14.7. The molecule has 0 aromatic heterocycles. The Bertz CT molecular complexity index is 1410. The zero-order valence-electron chi connectivity index (χ0n) is 24.8. The molecule has 4 aromatic rings. The molecule has 1 heteroatoms. The number of rotatable bonds is 3. The van der Waals surface area contributed by atoms with E-state index in [0.717, 1.165) is 6.42 Å². The Morgan fingerprint density at radius 2 is 1.40 bits per heavy atom. The first-order chi connectivity index (χ1) is 19.2. The van der Waals surface area contributed by atoms with Gasteiger partial charge in [-0.1, -0.05) is 141 Å². The summed E-state index contributed by atoms with van der Waals surface area (Å²) < 4.78 is 1.51. The molecular formula is C39H40Zr. The van der Waals surface area contributed by atoms with Crippen molar-refractivity contribution < 1.29 is 24.2 Å². The average molecular weight is 600 g/mol. The summed E-state index contributed by atoms with van der Waals surface area (Å²) in [4.78, 5) is 0. The summed E-state index contributed by atoms with van der Waals surface area (Å²) in [6, 6.07) is 36.0. The molecule has 40 heavy (non-hydrogen) atoms. The quantitative estimate of drug-likeness (QED) is 0.181. The molecule has 0 radical (unpaired) electrons. The van der Waals surface area contributed by atoms with Gasteiger partial charge in [-0.05, 0) is 23.1 Å². The van der Waals surface area contributed by atoms with Crippen LogP contribution in [0.15, 0.2) is 109 Å². The molecule has 0 fully saturated rings. The maximum Gasteiger partial charge on any atom is -0.0181 e. The summed E-state index contributed by atoms with van der Waals surface area (Å²) >= 11 is 1.55. The van der Waals surface area contributed by atoms with Crippen molar-refractivity contribution in [2.45, 2.75) is 54.4 Å². The second-order valence-electron chi connectivity index (χ2n) is 11.7. The minimum Gasteiger partial charge on any atom is -0.143 e. The van der Waals surface area contributed by atoms with E-state index in [1.807, 2.05) is 0 Å². The third-order valence-corrected chi connectivity index (χ3v) is 7.12. The van der Waals surface area contributed by atoms with Crippen LogP contribution in [0.5, 0.6) is 0 Å². The molecule has 1 unspecified atom stereocenters. The molecule has 0 nitrogen and oxygen atoms in total. The van der Waals surface area contributed by atoms with Crippen LogP contribution in [0.1, 0.15) is 59.1 Å². The van der Waals surface area contributed by atoms with Crippen LogP contribution in [0.25, 0.3) is 33.4 Å². The summed E-state index contributed by atoms with van der Waals surface area (Å²) in [5.74, 6) is 0.573. The van der Waals surface area contributed by atoms with Gasteiger partial charge in [0.25, 0.3) is 0 Å². The number of fused-ring (bicyclic) bond motifs is 3. The molecule has 0 saturated carbocycles. The molecule has 0 spiro atoms. The van der Waals surface area contributed by atoms with Crippen LogP contribution in [0.4, 0.5) is 0 Å². The monoisotopic (exact) mass is 598 g/mol. The van der Waals surface area contributed by atoms with E-state index >= 15 is 0 Å². The van der Waals surface area contributed by atoms with Crippen LogP contribution in [0.2, 0.25) is 0 Å². The van der Waals surface area contributed by atoms with E-state index < -0.39 is 0 Å². The summed E-state index contributed by atoms with van der Waals surface area (Å²) in [6.45, 7) is 13.2. The SMILES string of the molecule is CCC1[C-]=CC(C(C)(C)C)=C1.C[C](C)=[Zr+2].[c-]1c(-c2ccccc2)ccc2c1Cc1cc(-c3ccccc3)ccc1-2. The first-order valence-electron chi connectivity index (χ1n) is 14.3. The molecule has 0 aliphatic heterocycles. The molecule has 200 valence electrons. The number of hydrogen-bond donors (Lipinski definition) is 0. The van der Waals surface area contributed by atoms with E-state index in [-0.39, 0.29) is 0 Å². The molecular weight excluding hydrogens is 560 g/mol. The molecule has 4 aromatic carbocycles. The van der Waals surface area contributed by atoms with Crippen molar-refractivity contribution in [1.29, 1.82) is 0 Å². The first kappa shape index (κ1) is 30.1. The van der Waals surface area contributed by atoms with Gasteiger partial charge in [0.15, 0.2) is 0 Å². The van der Waals surface area contributed by atoms with Crippen molar-refractivity contribution in [1.82, 2.24) is 0 Å². The summed E-state index contributed by atoms with van der Waals surface area (Å²) in [5, 5.41) is 0. The summed E-state index contributed by atoms with van der Waals surface area (Å²) in [5.41, 5.74) is 12.1. The number of allylic oxidation sites excluding steroid dienone is 4. The Hall–Kier alpha value is -2.89. The van der Waals surface area contributed by atoms with E-state index in [2.05, 4.69) is 157 Å². The van der Waals surface area contributed by atoms with Crippen LogP contribution >= 0.6 is 0 Å². The van der Waals surface area contributed by atoms with Gasteiger partial charge < -0.3 is 0 Å². The fourth-order valence-corrected chi connectivity index (χ4v) is 4.93. The van der Waals surface area contributed by atoms with E-state index in [4.69, 9.17) is 0 Å². The molecule has 0 heterocycles. The van der Waals surface area contributed by atoms with E-state index in [1.165, 1.54) is 59.7 Å². The maximum absolute atomic E-state index is 3.65. The third kappa shape index (κ3) is 7.86. The van der Waals surface area contributed by atoms with E-state index in [0.29, 0.717) is 11.3 Å². The summed E-state index contributed by atoms with van der Waals surface area (Å²) in [6.07, 6.45) is 9.97. The van der Waals surface area contributed by atoms with Gasteiger partial charge in [0.1, 0.15) is 0 Å². The number of hydrogen-bond acceptors (Lipinski definition) is 0. The molecule has 2 aliphatic rings. The number of benzene rings is 4. The molecule has 1 atom stereocenters. The topological polar surface area (TPSA) is 0 Å². The zero-order chi connectivity index (χ0) is 28.7. The smallest absolute Gasteiger partial charge is 0.0181 e. The second-order valence-corrected chi connectivity index (χ2v) is 14.2. The van der Waals surface area contributed by atoms with Gasteiger partial charge in [0.05, 0.1) is 0 Å². The minimum atomic E-state index is 0.302. The molecule has 0 saturated heterocycles. The predicted molar refractivity (Wildman–Crippen MR) is 170 cm³/mol.